The van der Waals surface area contributed by atoms with Crippen LogP contribution in [0.4, 0.5) is 10.1 Å². The molecule has 0 aliphatic heterocycles. The molecule has 0 saturated heterocycles. The minimum Gasteiger partial charge on any atom is -0.339 e. The average molecular weight is 329 g/mol. The van der Waals surface area contributed by atoms with Crippen LogP contribution in [0.25, 0.3) is 11.5 Å². The summed E-state index contributed by atoms with van der Waals surface area (Å²) in [6.07, 6.45) is 3.12. The van der Waals surface area contributed by atoms with E-state index < -0.39 is 5.82 Å². The molecule has 7 nitrogen and oxygen atoms in total. The molecule has 0 fully saturated rings. The van der Waals surface area contributed by atoms with Crippen LogP contribution in [0, 0.1) is 5.82 Å². The first-order chi connectivity index (χ1) is 11.5. The summed E-state index contributed by atoms with van der Waals surface area (Å²) in [4.78, 5) is 20.4. The molecule has 124 valence electrons. The van der Waals surface area contributed by atoms with Gasteiger partial charge in [0.2, 0.25) is 17.6 Å². The van der Waals surface area contributed by atoms with Gasteiger partial charge in [0.1, 0.15) is 18.1 Å². The number of benzene rings is 1. The Morgan fingerprint density at radius 3 is 2.88 bits per heavy atom. The summed E-state index contributed by atoms with van der Waals surface area (Å²) in [7, 11) is 0. The lowest BCUT2D eigenvalue weighted by atomic mass is 10.2. The molecular weight excluding hydrogens is 313 g/mol. The number of nitrogens with zero attached hydrogens (tertiary/aromatic N) is 4. The van der Waals surface area contributed by atoms with Crippen LogP contribution in [0.3, 0.4) is 0 Å². The number of aromatic nitrogens is 4. The largest absolute Gasteiger partial charge is 0.339 e. The molecule has 0 atom stereocenters. The molecule has 0 bridgehead atoms. The molecule has 2 aromatic heterocycles. The van der Waals surface area contributed by atoms with E-state index in [-0.39, 0.29) is 24.1 Å². The molecular formula is C16H16FN5O2. The second kappa shape index (κ2) is 6.61. The Kier molecular flexibility index (Phi) is 4.37. The van der Waals surface area contributed by atoms with Crippen molar-refractivity contribution in [2.24, 2.45) is 0 Å². The molecule has 8 heteroatoms. The summed E-state index contributed by atoms with van der Waals surface area (Å²) in [6, 6.07) is 5.99. The number of carbonyl (C=O) groups is 1. The highest BCUT2D eigenvalue weighted by molar-refractivity contribution is 5.90. The summed E-state index contributed by atoms with van der Waals surface area (Å²) in [5.74, 6) is 0.175. The van der Waals surface area contributed by atoms with Crippen molar-refractivity contribution in [1.82, 2.24) is 19.7 Å². The van der Waals surface area contributed by atoms with Gasteiger partial charge in [-0.15, -0.1) is 0 Å². The van der Waals surface area contributed by atoms with E-state index in [4.69, 9.17) is 4.52 Å². The normalized spacial score (nSPS) is 11.0. The van der Waals surface area contributed by atoms with Crippen LogP contribution in [0.15, 0.2) is 41.3 Å². The smallest absolute Gasteiger partial charge is 0.244 e. The Labute approximate surface area is 137 Å². The molecule has 0 unspecified atom stereocenters. The lowest BCUT2D eigenvalue weighted by molar-refractivity contribution is -0.116. The number of amides is 1. The first kappa shape index (κ1) is 15.9. The van der Waals surface area contributed by atoms with Crippen LogP contribution in [0.1, 0.15) is 25.7 Å². The first-order valence-corrected chi connectivity index (χ1v) is 7.43. The molecule has 0 radical (unpaired) electrons. The van der Waals surface area contributed by atoms with Gasteiger partial charge < -0.3 is 14.4 Å². The van der Waals surface area contributed by atoms with Crippen molar-refractivity contribution < 1.29 is 13.7 Å². The van der Waals surface area contributed by atoms with Crippen molar-refractivity contribution >= 4 is 11.6 Å². The molecule has 0 aliphatic carbocycles. The molecule has 3 aromatic rings. The van der Waals surface area contributed by atoms with Crippen molar-refractivity contribution in [3.8, 4) is 11.5 Å². The quantitative estimate of drug-likeness (QED) is 0.778. The Morgan fingerprint density at radius 1 is 1.38 bits per heavy atom. The summed E-state index contributed by atoms with van der Waals surface area (Å²) >= 11 is 0. The third-order valence-corrected chi connectivity index (χ3v) is 3.27. The third kappa shape index (κ3) is 3.48. The molecule has 0 aliphatic rings. The molecule has 24 heavy (non-hydrogen) atoms. The van der Waals surface area contributed by atoms with Crippen molar-refractivity contribution in [1.29, 1.82) is 0 Å². The number of para-hydroxylation sites is 1. The van der Waals surface area contributed by atoms with Crippen LogP contribution >= 0.6 is 0 Å². The van der Waals surface area contributed by atoms with Gasteiger partial charge in [0, 0.05) is 12.1 Å². The van der Waals surface area contributed by atoms with E-state index in [1.165, 1.54) is 18.5 Å². The predicted octanol–water partition coefficient (Wildman–Crippen LogP) is 2.83. The van der Waals surface area contributed by atoms with Gasteiger partial charge in [0.05, 0.1) is 12.0 Å². The number of imidazole rings is 1. The van der Waals surface area contributed by atoms with Crippen LogP contribution in [-0.4, -0.2) is 25.6 Å². The second-order valence-electron chi connectivity index (χ2n) is 5.57. The number of halogens is 1. The fourth-order valence-corrected chi connectivity index (χ4v) is 2.05. The fraction of sp³-hybridized carbons (Fsp3) is 0.250. The van der Waals surface area contributed by atoms with Gasteiger partial charge in [-0.2, -0.15) is 4.98 Å². The highest BCUT2D eigenvalue weighted by Gasteiger charge is 2.14. The minimum absolute atomic E-state index is 0.00375. The Hall–Kier alpha value is -3.03. The monoisotopic (exact) mass is 329 g/mol. The van der Waals surface area contributed by atoms with Crippen molar-refractivity contribution in [2.75, 3.05) is 5.32 Å². The van der Waals surface area contributed by atoms with Gasteiger partial charge in [0.25, 0.3) is 0 Å². The summed E-state index contributed by atoms with van der Waals surface area (Å²) < 4.78 is 20.2. The molecule has 1 amide bonds. The van der Waals surface area contributed by atoms with Crippen LogP contribution in [0.2, 0.25) is 0 Å². The van der Waals surface area contributed by atoms with Crippen LogP contribution in [0.5, 0.6) is 0 Å². The highest BCUT2D eigenvalue weighted by Crippen LogP contribution is 2.18. The number of nitrogens with one attached hydrogen (secondary N) is 1. The van der Waals surface area contributed by atoms with Crippen molar-refractivity contribution in [3.63, 3.8) is 0 Å². The lowest BCUT2D eigenvalue weighted by Crippen LogP contribution is -2.18. The first-order valence-electron chi connectivity index (χ1n) is 7.43. The minimum atomic E-state index is -0.481. The number of anilines is 1. The fourth-order valence-electron chi connectivity index (χ4n) is 2.05. The van der Waals surface area contributed by atoms with E-state index in [1.807, 2.05) is 13.8 Å². The third-order valence-electron chi connectivity index (χ3n) is 3.27. The van der Waals surface area contributed by atoms with E-state index in [0.29, 0.717) is 17.4 Å². The molecule has 1 N–H and O–H groups in total. The molecule has 2 heterocycles. The Morgan fingerprint density at radius 2 is 2.17 bits per heavy atom. The average Bonchev–Trinajstić information content (AvgIpc) is 3.18. The predicted molar refractivity (Wildman–Crippen MR) is 84.6 cm³/mol. The Bertz CT molecular complexity index is 856. The van der Waals surface area contributed by atoms with Crippen molar-refractivity contribution in [2.45, 2.75) is 26.3 Å². The van der Waals surface area contributed by atoms with Gasteiger partial charge in [-0.05, 0) is 12.1 Å². The lowest BCUT2D eigenvalue weighted by Gasteiger charge is -2.06. The number of rotatable bonds is 5. The zero-order valence-electron chi connectivity index (χ0n) is 13.2. The maximum absolute atomic E-state index is 13.5. The topological polar surface area (TPSA) is 85.8 Å². The van der Waals surface area contributed by atoms with Crippen LogP contribution in [-0.2, 0) is 11.3 Å². The van der Waals surface area contributed by atoms with Gasteiger partial charge in [0.15, 0.2) is 0 Å². The Balaban J connectivity index is 1.67. The summed E-state index contributed by atoms with van der Waals surface area (Å²) in [6.45, 7) is 3.89. The zero-order chi connectivity index (χ0) is 17.1. The van der Waals surface area contributed by atoms with E-state index in [1.54, 1.807) is 22.9 Å². The van der Waals surface area contributed by atoms with Gasteiger partial charge >= 0.3 is 0 Å². The van der Waals surface area contributed by atoms with Gasteiger partial charge in [-0.3, -0.25) is 4.79 Å². The maximum Gasteiger partial charge on any atom is 0.244 e. The van der Waals surface area contributed by atoms with Gasteiger partial charge in [-0.25, -0.2) is 9.37 Å². The standard InChI is InChI=1S/C16H16FN5O2/c1-10(2)16-20-15(21-24-16)13-7-22(9-18-13)8-14(23)19-12-6-4-3-5-11(12)17/h3-7,9-10H,8H2,1-2H3,(H,19,23). The molecule has 0 spiro atoms. The van der Waals surface area contributed by atoms with E-state index in [0.717, 1.165) is 0 Å². The number of hydrogen-bond donors (Lipinski definition) is 1. The molecule has 1 aromatic carbocycles. The maximum atomic E-state index is 13.5. The summed E-state index contributed by atoms with van der Waals surface area (Å²) in [5, 5.41) is 6.38. The summed E-state index contributed by atoms with van der Waals surface area (Å²) in [5.41, 5.74) is 0.645. The van der Waals surface area contributed by atoms with E-state index in [2.05, 4.69) is 20.4 Å². The van der Waals surface area contributed by atoms with Crippen LogP contribution < -0.4 is 5.32 Å². The SMILES string of the molecule is CC(C)c1nc(-c2cn(CC(=O)Nc3ccccc3F)cn2)no1. The van der Waals surface area contributed by atoms with Crippen molar-refractivity contribution in [3.05, 3.63) is 48.5 Å². The second-order valence-corrected chi connectivity index (χ2v) is 5.57. The highest BCUT2D eigenvalue weighted by atomic mass is 19.1. The number of hydrogen-bond acceptors (Lipinski definition) is 5. The molecule has 0 saturated carbocycles. The van der Waals surface area contributed by atoms with E-state index >= 15 is 0 Å². The van der Waals surface area contributed by atoms with Gasteiger partial charge in [-0.1, -0.05) is 31.1 Å². The van der Waals surface area contributed by atoms with E-state index in [9.17, 15) is 9.18 Å². The number of carbonyl (C=O) groups excluding carboxylic acids is 1. The molecule has 3 rings (SSSR count). The zero-order valence-corrected chi connectivity index (χ0v) is 13.2.